The van der Waals surface area contributed by atoms with Crippen LogP contribution in [0.5, 0.6) is 0 Å². The Morgan fingerprint density at radius 3 is 2.94 bits per heavy atom. The molecule has 1 unspecified atom stereocenters. The van der Waals surface area contributed by atoms with Crippen LogP contribution in [0.3, 0.4) is 0 Å². The van der Waals surface area contributed by atoms with Crippen molar-refractivity contribution in [2.45, 2.75) is 30.7 Å². The van der Waals surface area contributed by atoms with E-state index in [2.05, 4.69) is 43.1 Å². The average Bonchev–Trinajstić information content (AvgIpc) is 3.11. The summed E-state index contributed by atoms with van der Waals surface area (Å²) < 4.78 is 0. The van der Waals surface area contributed by atoms with Gasteiger partial charge in [0, 0.05) is 22.4 Å². The van der Waals surface area contributed by atoms with E-state index < -0.39 is 0 Å². The largest absolute Gasteiger partial charge is 0.381 e. The monoisotopic (exact) mass is 233 g/mol. The van der Waals surface area contributed by atoms with E-state index in [-0.39, 0.29) is 0 Å². The summed E-state index contributed by atoms with van der Waals surface area (Å²) in [5, 5.41) is 3.63. The van der Waals surface area contributed by atoms with Gasteiger partial charge in [0.05, 0.1) is 0 Å². The van der Waals surface area contributed by atoms with Gasteiger partial charge < -0.3 is 5.32 Å². The lowest BCUT2D eigenvalue weighted by atomic mass is 10.2. The molecule has 2 heteroatoms. The minimum atomic E-state index is 0.602. The highest BCUT2D eigenvalue weighted by molar-refractivity contribution is 7.99. The molecule has 1 aliphatic rings. The third-order valence-electron chi connectivity index (χ3n) is 2.96. The second kappa shape index (κ2) is 5.44. The maximum Gasteiger partial charge on any atom is 0.0480 e. The van der Waals surface area contributed by atoms with E-state index in [4.69, 9.17) is 0 Å². The molecule has 1 aromatic carbocycles. The SMILES string of the molecule is C=CCSc1ccccc1NC(C)C1CC1. The van der Waals surface area contributed by atoms with E-state index in [9.17, 15) is 0 Å². The molecule has 0 aromatic heterocycles. The first kappa shape index (κ1) is 11.6. The predicted molar refractivity (Wildman–Crippen MR) is 73.2 cm³/mol. The number of nitrogens with one attached hydrogen (secondary N) is 1. The first-order chi connectivity index (χ1) is 7.81. The summed E-state index contributed by atoms with van der Waals surface area (Å²) in [6, 6.07) is 9.14. The Labute approximate surface area is 102 Å². The molecule has 0 heterocycles. The fraction of sp³-hybridized carbons (Fsp3) is 0.429. The number of hydrogen-bond donors (Lipinski definition) is 1. The minimum Gasteiger partial charge on any atom is -0.381 e. The van der Waals surface area contributed by atoms with E-state index in [0.29, 0.717) is 6.04 Å². The van der Waals surface area contributed by atoms with Crippen molar-refractivity contribution >= 4 is 17.4 Å². The van der Waals surface area contributed by atoms with Gasteiger partial charge in [-0.05, 0) is 37.8 Å². The summed E-state index contributed by atoms with van der Waals surface area (Å²) in [5.41, 5.74) is 1.27. The van der Waals surface area contributed by atoms with Gasteiger partial charge in [0.2, 0.25) is 0 Å². The Morgan fingerprint density at radius 2 is 2.25 bits per heavy atom. The minimum absolute atomic E-state index is 0.602. The van der Waals surface area contributed by atoms with Crippen molar-refractivity contribution in [3.8, 4) is 0 Å². The zero-order valence-corrected chi connectivity index (χ0v) is 10.6. The number of anilines is 1. The van der Waals surface area contributed by atoms with Crippen molar-refractivity contribution in [2.24, 2.45) is 5.92 Å². The van der Waals surface area contributed by atoms with Crippen molar-refractivity contribution < 1.29 is 0 Å². The van der Waals surface area contributed by atoms with Gasteiger partial charge in [-0.2, -0.15) is 0 Å². The highest BCUT2D eigenvalue weighted by atomic mass is 32.2. The van der Waals surface area contributed by atoms with Crippen LogP contribution >= 0.6 is 11.8 Å². The van der Waals surface area contributed by atoms with Gasteiger partial charge in [-0.25, -0.2) is 0 Å². The summed E-state index contributed by atoms with van der Waals surface area (Å²) in [6.07, 6.45) is 4.72. The normalized spacial score (nSPS) is 16.8. The van der Waals surface area contributed by atoms with Crippen molar-refractivity contribution in [1.29, 1.82) is 0 Å². The topological polar surface area (TPSA) is 12.0 Å². The molecule has 0 spiro atoms. The standard InChI is InChI=1S/C14H19NS/c1-3-10-16-14-7-5-4-6-13(14)15-11(2)12-8-9-12/h3-7,11-12,15H,1,8-10H2,2H3. The molecule has 1 aliphatic carbocycles. The molecule has 86 valence electrons. The molecule has 1 fully saturated rings. The van der Waals surface area contributed by atoms with Crippen LogP contribution in [0.4, 0.5) is 5.69 Å². The van der Waals surface area contributed by atoms with Gasteiger partial charge in [0.15, 0.2) is 0 Å². The van der Waals surface area contributed by atoms with Crippen LogP contribution in [0.25, 0.3) is 0 Å². The lowest BCUT2D eigenvalue weighted by molar-refractivity contribution is 0.692. The third-order valence-corrected chi connectivity index (χ3v) is 4.03. The Bertz CT molecular complexity index is 358. The molecule has 1 N–H and O–H groups in total. The van der Waals surface area contributed by atoms with Gasteiger partial charge >= 0.3 is 0 Å². The zero-order valence-electron chi connectivity index (χ0n) is 9.78. The van der Waals surface area contributed by atoms with Gasteiger partial charge in [0.1, 0.15) is 0 Å². The predicted octanol–water partition coefficient (Wildman–Crippen LogP) is 4.18. The van der Waals surface area contributed by atoms with E-state index in [1.165, 1.54) is 23.4 Å². The van der Waals surface area contributed by atoms with E-state index in [1.54, 1.807) is 0 Å². The summed E-state index contributed by atoms with van der Waals surface area (Å²) in [5.74, 6) is 1.86. The van der Waals surface area contributed by atoms with Crippen LogP contribution in [0.15, 0.2) is 41.8 Å². The molecule has 1 saturated carbocycles. The summed E-state index contributed by atoms with van der Waals surface area (Å²) in [7, 11) is 0. The Balaban J connectivity index is 2.02. The summed E-state index contributed by atoms with van der Waals surface area (Å²) in [4.78, 5) is 1.33. The number of hydrogen-bond acceptors (Lipinski definition) is 2. The van der Waals surface area contributed by atoms with Gasteiger partial charge in [-0.3, -0.25) is 0 Å². The van der Waals surface area contributed by atoms with E-state index in [0.717, 1.165) is 11.7 Å². The highest BCUT2D eigenvalue weighted by Gasteiger charge is 2.27. The maximum atomic E-state index is 3.76. The molecular weight excluding hydrogens is 214 g/mol. The second-order valence-electron chi connectivity index (χ2n) is 4.37. The number of thioether (sulfide) groups is 1. The molecule has 0 bridgehead atoms. The average molecular weight is 233 g/mol. The highest BCUT2D eigenvalue weighted by Crippen LogP contribution is 2.35. The lowest BCUT2D eigenvalue weighted by Crippen LogP contribution is -2.17. The van der Waals surface area contributed by atoms with E-state index in [1.807, 2.05) is 17.8 Å². The molecule has 1 atom stereocenters. The molecule has 0 saturated heterocycles. The zero-order chi connectivity index (χ0) is 11.4. The quantitative estimate of drug-likeness (QED) is 0.584. The molecule has 0 radical (unpaired) electrons. The fourth-order valence-electron chi connectivity index (χ4n) is 1.82. The lowest BCUT2D eigenvalue weighted by Gasteiger charge is -2.17. The molecule has 2 rings (SSSR count). The molecule has 0 aliphatic heterocycles. The summed E-state index contributed by atoms with van der Waals surface area (Å²) >= 11 is 1.84. The second-order valence-corrected chi connectivity index (χ2v) is 5.43. The maximum absolute atomic E-state index is 3.76. The van der Waals surface area contributed by atoms with Crippen LogP contribution in [0.1, 0.15) is 19.8 Å². The summed E-state index contributed by atoms with van der Waals surface area (Å²) in [6.45, 7) is 6.05. The molecule has 1 aromatic rings. The van der Waals surface area contributed by atoms with Gasteiger partial charge in [0.25, 0.3) is 0 Å². The van der Waals surface area contributed by atoms with Crippen LogP contribution in [-0.2, 0) is 0 Å². The third kappa shape index (κ3) is 3.05. The number of para-hydroxylation sites is 1. The molecule has 1 nitrogen and oxygen atoms in total. The Kier molecular flexibility index (Phi) is 3.94. The molecule has 0 amide bonds. The van der Waals surface area contributed by atoms with Crippen molar-refractivity contribution in [1.82, 2.24) is 0 Å². The van der Waals surface area contributed by atoms with Crippen LogP contribution in [0, 0.1) is 5.92 Å². The van der Waals surface area contributed by atoms with Gasteiger partial charge in [-0.15, -0.1) is 18.3 Å². The number of rotatable bonds is 6. The Hall–Kier alpha value is -0.890. The van der Waals surface area contributed by atoms with Crippen LogP contribution < -0.4 is 5.32 Å². The van der Waals surface area contributed by atoms with Gasteiger partial charge in [-0.1, -0.05) is 18.2 Å². The van der Waals surface area contributed by atoms with Crippen LogP contribution in [-0.4, -0.2) is 11.8 Å². The first-order valence-electron chi connectivity index (χ1n) is 5.90. The Morgan fingerprint density at radius 1 is 1.50 bits per heavy atom. The molecule has 16 heavy (non-hydrogen) atoms. The van der Waals surface area contributed by atoms with Crippen molar-refractivity contribution in [3.05, 3.63) is 36.9 Å². The molecular formula is C14H19NS. The van der Waals surface area contributed by atoms with Crippen molar-refractivity contribution in [3.63, 3.8) is 0 Å². The van der Waals surface area contributed by atoms with Crippen LogP contribution in [0.2, 0.25) is 0 Å². The fourth-order valence-corrected chi connectivity index (χ4v) is 2.57. The van der Waals surface area contributed by atoms with E-state index >= 15 is 0 Å². The van der Waals surface area contributed by atoms with Crippen molar-refractivity contribution in [2.75, 3.05) is 11.1 Å². The smallest absolute Gasteiger partial charge is 0.0480 e. The number of benzene rings is 1. The first-order valence-corrected chi connectivity index (χ1v) is 6.89.